The number of aliphatic hydroxyl groups is 1. The van der Waals surface area contributed by atoms with E-state index in [2.05, 4.69) is 10.3 Å². The van der Waals surface area contributed by atoms with Crippen molar-refractivity contribution in [1.29, 1.82) is 0 Å². The van der Waals surface area contributed by atoms with Crippen LogP contribution in [0.1, 0.15) is 39.6 Å². The fourth-order valence-electron chi connectivity index (χ4n) is 2.93. The van der Waals surface area contributed by atoms with Crippen LogP contribution in [-0.4, -0.2) is 75.0 Å². The van der Waals surface area contributed by atoms with Crippen molar-refractivity contribution in [1.82, 2.24) is 15.0 Å². The van der Waals surface area contributed by atoms with Gasteiger partial charge in [-0.2, -0.15) is 0 Å². The largest absolute Gasteiger partial charge is 0.463 e. The maximum absolute atomic E-state index is 11.7. The summed E-state index contributed by atoms with van der Waals surface area (Å²) in [5.74, 6) is -2.81. The van der Waals surface area contributed by atoms with E-state index in [1.807, 2.05) is 0 Å². The number of aliphatic hydroxyl groups excluding tert-OH is 1. The van der Waals surface area contributed by atoms with Crippen molar-refractivity contribution in [3.05, 3.63) is 11.9 Å². The van der Waals surface area contributed by atoms with Crippen LogP contribution in [0.5, 0.6) is 0 Å². The zero-order valence-electron chi connectivity index (χ0n) is 16.8. The van der Waals surface area contributed by atoms with Gasteiger partial charge >= 0.3 is 23.9 Å². The van der Waals surface area contributed by atoms with Gasteiger partial charge in [0.05, 0.1) is 12.8 Å². The highest BCUT2D eigenvalue weighted by molar-refractivity contribution is 5.68. The monoisotopic (exact) mass is 429 g/mol. The number of carbonyl (C=O) groups excluding carboxylic acids is 4. The molecule has 0 aliphatic carbocycles. The van der Waals surface area contributed by atoms with Crippen molar-refractivity contribution in [2.24, 2.45) is 0 Å². The molecule has 166 valence electrons. The summed E-state index contributed by atoms with van der Waals surface area (Å²) in [7, 11) is 0. The highest BCUT2D eigenvalue weighted by Crippen LogP contribution is 2.34. The average molecular weight is 429 g/mol. The van der Waals surface area contributed by atoms with E-state index in [9.17, 15) is 24.3 Å². The molecule has 0 radical (unpaired) electrons. The third kappa shape index (κ3) is 5.97. The third-order valence-electron chi connectivity index (χ3n) is 3.95. The minimum Gasteiger partial charge on any atom is -0.463 e. The van der Waals surface area contributed by atoms with Gasteiger partial charge in [0.1, 0.15) is 18.4 Å². The number of rotatable bonds is 7. The number of esters is 4. The van der Waals surface area contributed by atoms with Gasteiger partial charge in [-0.25, -0.2) is 4.68 Å². The molecular formula is C17H23N3O10. The molecule has 13 heteroatoms. The van der Waals surface area contributed by atoms with E-state index in [4.69, 9.17) is 23.7 Å². The maximum Gasteiger partial charge on any atom is 0.303 e. The first-order valence-electron chi connectivity index (χ1n) is 8.94. The second-order valence-electron chi connectivity index (χ2n) is 6.44. The van der Waals surface area contributed by atoms with Gasteiger partial charge in [-0.1, -0.05) is 5.21 Å². The molecule has 1 N–H and O–H groups in total. The quantitative estimate of drug-likeness (QED) is 0.417. The minimum atomic E-state index is -1.31. The Morgan fingerprint density at radius 3 is 2.03 bits per heavy atom. The molecule has 0 spiro atoms. The highest BCUT2D eigenvalue weighted by Gasteiger charge is 2.53. The summed E-state index contributed by atoms with van der Waals surface area (Å²) in [6.07, 6.45) is -4.82. The molecule has 1 aliphatic rings. The van der Waals surface area contributed by atoms with Crippen LogP contribution in [0.15, 0.2) is 6.20 Å². The number of carbonyl (C=O) groups is 4. The predicted molar refractivity (Wildman–Crippen MR) is 93.1 cm³/mol. The molecule has 13 nitrogen and oxygen atoms in total. The van der Waals surface area contributed by atoms with Crippen LogP contribution in [0.25, 0.3) is 0 Å². The summed E-state index contributed by atoms with van der Waals surface area (Å²) in [5.41, 5.74) is 0.197. The molecule has 1 aromatic rings. The second kappa shape index (κ2) is 10.1. The van der Waals surface area contributed by atoms with Crippen LogP contribution in [-0.2, 0) is 49.5 Å². The predicted octanol–water partition coefficient (Wildman–Crippen LogP) is -0.974. The van der Waals surface area contributed by atoms with Gasteiger partial charge in [0.25, 0.3) is 0 Å². The summed E-state index contributed by atoms with van der Waals surface area (Å²) < 4.78 is 27.9. The van der Waals surface area contributed by atoms with Crippen LogP contribution >= 0.6 is 0 Å². The fraction of sp³-hybridized carbons (Fsp3) is 0.647. The summed E-state index contributed by atoms with van der Waals surface area (Å²) >= 11 is 0. The molecule has 0 bridgehead atoms. The normalized spacial score (nSPS) is 25.8. The van der Waals surface area contributed by atoms with Crippen LogP contribution in [0.3, 0.4) is 0 Å². The van der Waals surface area contributed by atoms with E-state index in [1.54, 1.807) is 0 Å². The molecule has 5 atom stereocenters. The lowest BCUT2D eigenvalue weighted by atomic mass is 9.97. The first-order valence-corrected chi connectivity index (χ1v) is 8.94. The molecule has 0 saturated carbocycles. The molecule has 30 heavy (non-hydrogen) atoms. The Bertz CT molecular complexity index is 795. The molecule has 0 unspecified atom stereocenters. The van der Waals surface area contributed by atoms with E-state index in [-0.39, 0.29) is 12.3 Å². The highest BCUT2D eigenvalue weighted by atomic mass is 16.7. The smallest absolute Gasteiger partial charge is 0.303 e. The number of ether oxygens (including phenoxy) is 5. The van der Waals surface area contributed by atoms with Crippen molar-refractivity contribution in [3.8, 4) is 0 Å². The lowest BCUT2D eigenvalue weighted by Crippen LogP contribution is -2.60. The van der Waals surface area contributed by atoms with Gasteiger partial charge < -0.3 is 28.8 Å². The molecule has 2 heterocycles. The molecular weight excluding hydrogens is 406 g/mol. The number of hydrogen-bond acceptors (Lipinski definition) is 12. The number of hydrogen-bond donors (Lipinski definition) is 1. The van der Waals surface area contributed by atoms with Crippen LogP contribution in [0.2, 0.25) is 0 Å². The third-order valence-corrected chi connectivity index (χ3v) is 3.95. The zero-order chi connectivity index (χ0) is 22.4. The lowest BCUT2D eigenvalue weighted by molar-refractivity contribution is -0.270. The molecule has 0 amide bonds. The first-order chi connectivity index (χ1) is 14.1. The topological polar surface area (TPSA) is 165 Å². The fourth-order valence-corrected chi connectivity index (χ4v) is 2.93. The van der Waals surface area contributed by atoms with Crippen molar-refractivity contribution < 1.29 is 48.0 Å². The summed E-state index contributed by atoms with van der Waals surface area (Å²) in [6.45, 7) is 3.80. The van der Waals surface area contributed by atoms with Gasteiger partial charge in [-0.3, -0.25) is 19.2 Å². The van der Waals surface area contributed by atoms with Crippen molar-refractivity contribution >= 4 is 23.9 Å². The van der Waals surface area contributed by atoms with Crippen molar-refractivity contribution in [3.63, 3.8) is 0 Å². The molecule has 1 fully saturated rings. The Balaban J connectivity index is 2.50. The Kier molecular flexibility index (Phi) is 7.83. The van der Waals surface area contributed by atoms with Crippen molar-refractivity contribution in [2.75, 3.05) is 6.61 Å². The van der Waals surface area contributed by atoms with E-state index in [1.165, 1.54) is 13.1 Å². The maximum atomic E-state index is 11.7. The summed E-state index contributed by atoms with van der Waals surface area (Å²) in [4.78, 5) is 46.4. The molecule has 0 aromatic carbocycles. The Morgan fingerprint density at radius 1 is 0.967 bits per heavy atom. The Hall–Kier alpha value is -3.06. The molecule has 1 aliphatic heterocycles. The van der Waals surface area contributed by atoms with Crippen LogP contribution in [0.4, 0.5) is 0 Å². The Morgan fingerprint density at radius 2 is 1.53 bits per heavy atom. The van der Waals surface area contributed by atoms with Gasteiger partial charge in [0.2, 0.25) is 0 Å². The standard InChI is InChI=1S/C17H23N3O10/c1-8(22)26-7-13-14(27-9(2)23)15(28-10(3)24)16(29-11(4)25)17(30-13)20-5-12(6-21)18-19-20/h5,13-17,21H,6-7H2,1-4H3/t13-,14-,15+,16+,17+/m1/s1. The molecule has 2 rings (SSSR count). The zero-order valence-corrected chi connectivity index (χ0v) is 16.8. The number of aromatic nitrogens is 3. The van der Waals surface area contributed by atoms with Crippen LogP contribution in [0, 0.1) is 0 Å². The van der Waals surface area contributed by atoms with E-state index in [0.29, 0.717) is 0 Å². The summed E-state index contributed by atoms with van der Waals surface area (Å²) in [5, 5.41) is 16.8. The summed E-state index contributed by atoms with van der Waals surface area (Å²) in [6, 6.07) is 0. The van der Waals surface area contributed by atoms with Gasteiger partial charge in [-0.15, -0.1) is 5.10 Å². The van der Waals surface area contributed by atoms with E-state index in [0.717, 1.165) is 25.5 Å². The number of nitrogens with zero attached hydrogens (tertiary/aromatic N) is 3. The van der Waals surface area contributed by atoms with E-state index < -0.39 is 61.1 Å². The van der Waals surface area contributed by atoms with Gasteiger partial charge in [0, 0.05) is 27.7 Å². The van der Waals surface area contributed by atoms with Gasteiger partial charge in [0.15, 0.2) is 24.5 Å². The second-order valence-corrected chi connectivity index (χ2v) is 6.44. The first kappa shape index (κ1) is 23.2. The van der Waals surface area contributed by atoms with E-state index >= 15 is 0 Å². The SMILES string of the molecule is CC(=O)OC[C@H]1O[C@H](n2cc(CO)nn2)[C@@H](OC(C)=O)[C@@H](OC(C)=O)[C@@H]1OC(C)=O. The average Bonchev–Trinajstić information content (AvgIpc) is 3.11. The molecule has 1 saturated heterocycles. The lowest BCUT2D eigenvalue weighted by Gasteiger charge is -2.44. The molecule has 1 aromatic heterocycles. The van der Waals surface area contributed by atoms with Gasteiger partial charge in [-0.05, 0) is 0 Å². The van der Waals surface area contributed by atoms with Crippen molar-refractivity contribution in [2.45, 2.75) is 64.9 Å². The van der Waals surface area contributed by atoms with Crippen LogP contribution < -0.4 is 0 Å². The Labute approximate surface area is 171 Å². The minimum absolute atomic E-state index is 0.197.